The van der Waals surface area contributed by atoms with Crippen molar-refractivity contribution in [3.8, 4) is 10.9 Å². The fourth-order valence-electron chi connectivity index (χ4n) is 3.50. The number of likely N-dealkylation sites (tertiary alicyclic amines) is 1. The maximum atomic E-state index is 11.0. The summed E-state index contributed by atoms with van der Waals surface area (Å²) in [5, 5.41) is 5.65. The number of thiazole rings is 1. The number of para-hydroxylation sites is 1. The molecule has 2 aromatic carbocycles. The number of rotatable bonds is 7. The van der Waals surface area contributed by atoms with Crippen molar-refractivity contribution in [3.63, 3.8) is 0 Å². The van der Waals surface area contributed by atoms with Crippen LogP contribution in [0.3, 0.4) is 0 Å². The van der Waals surface area contributed by atoms with E-state index in [0.29, 0.717) is 17.7 Å². The molecule has 1 aliphatic heterocycles. The molecule has 0 unspecified atom stereocenters. The monoisotopic (exact) mass is 432 g/mol. The largest absolute Gasteiger partial charge is 0.431 e. The van der Waals surface area contributed by atoms with Gasteiger partial charge in [0.2, 0.25) is 0 Å². The molecule has 0 bridgehead atoms. The highest BCUT2D eigenvalue weighted by molar-refractivity contribution is 7.87. The summed E-state index contributed by atoms with van der Waals surface area (Å²) >= 11 is 1.54. The number of hydrogen-bond donors (Lipinski definition) is 2. The molecule has 0 spiro atoms. The van der Waals surface area contributed by atoms with E-state index in [1.54, 1.807) is 0 Å². The van der Waals surface area contributed by atoms with E-state index in [4.69, 9.17) is 9.88 Å². The third-order valence-corrected chi connectivity index (χ3v) is 6.57. The lowest BCUT2D eigenvalue weighted by atomic mass is 9.97. The van der Waals surface area contributed by atoms with Gasteiger partial charge in [0, 0.05) is 13.1 Å². The smallest absolute Gasteiger partial charge is 0.279 e. The summed E-state index contributed by atoms with van der Waals surface area (Å²) in [6.45, 7) is 3.18. The Kier molecular flexibility index (Phi) is 6.12. The molecule has 7 nitrogen and oxygen atoms in total. The minimum atomic E-state index is -3.60. The zero-order chi connectivity index (χ0) is 20.3. The van der Waals surface area contributed by atoms with Crippen LogP contribution in [0.4, 0.5) is 0 Å². The Morgan fingerprint density at radius 1 is 1.14 bits per heavy atom. The number of ether oxygens (including phenoxy) is 1. The number of fused-ring (bicyclic) bond motifs is 1. The van der Waals surface area contributed by atoms with Crippen molar-refractivity contribution in [2.24, 2.45) is 11.1 Å². The van der Waals surface area contributed by atoms with E-state index in [-0.39, 0.29) is 0 Å². The van der Waals surface area contributed by atoms with Gasteiger partial charge in [0.25, 0.3) is 15.4 Å². The summed E-state index contributed by atoms with van der Waals surface area (Å²) in [5.41, 5.74) is 2.18. The fraction of sp³-hybridized carbons (Fsp3) is 0.350. The van der Waals surface area contributed by atoms with Gasteiger partial charge in [-0.25, -0.2) is 14.8 Å². The summed E-state index contributed by atoms with van der Waals surface area (Å²) in [5.74, 6) is 1.12. The Hall–Kier alpha value is -2.04. The first-order valence-electron chi connectivity index (χ1n) is 9.57. The molecule has 1 aromatic heterocycles. The summed E-state index contributed by atoms with van der Waals surface area (Å²) in [7, 11) is -3.60. The number of nitrogens with zero attached hydrogens (tertiary/aromatic N) is 2. The van der Waals surface area contributed by atoms with Crippen LogP contribution in [-0.4, -0.2) is 37.9 Å². The van der Waals surface area contributed by atoms with Crippen LogP contribution in [0.1, 0.15) is 18.4 Å². The van der Waals surface area contributed by atoms with Gasteiger partial charge in [-0.3, -0.25) is 4.90 Å². The SMILES string of the molecule is NS(=O)(=O)NCC1CCN(Cc2ccc(Oc3nc4ccccc4s3)cc2)CC1. The number of benzene rings is 2. The van der Waals surface area contributed by atoms with Crippen LogP contribution in [0.25, 0.3) is 10.2 Å². The molecule has 3 aromatic rings. The van der Waals surface area contributed by atoms with Crippen molar-refractivity contribution >= 4 is 31.8 Å². The van der Waals surface area contributed by atoms with Gasteiger partial charge in [0.15, 0.2) is 0 Å². The Morgan fingerprint density at radius 3 is 2.55 bits per heavy atom. The van der Waals surface area contributed by atoms with Crippen molar-refractivity contribution < 1.29 is 13.2 Å². The Balaban J connectivity index is 1.27. The minimum absolute atomic E-state index is 0.342. The van der Waals surface area contributed by atoms with Gasteiger partial charge >= 0.3 is 0 Å². The van der Waals surface area contributed by atoms with E-state index < -0.39 is 10.2 Å². The lowest BCUT2D eigenvalue weighted by Crippen LogP contribution is -2.40. The highest BCUT2D eigenvalue weighted by Gasteiger charge is 2.20. The molecule has 0 radical (unpaired) electrons. The molecule has 1 fully saturated rings. The normalized spacial score (nSPS) is 16.3. The van der Waals surface area contributed by atoms with Crippen LogP contribution < -0.4 is 14.6 Å². The quantitative estimate of drug-likeness (QED) is 0.598. The molecule has 1 aliphatic rings. The van der Waals surface area contributed by atoms with Crippen LogP contribution in [0.15, 0.2) is 48.5 Å². The first-order chi connectivity index (χ1) is 13.9. The van der Waals surface area contributed by atoms with E-state index in [0.717, 1.165) is 48.4 Å². The second-order valence-electron chi connectivity index (χ2n) is 7.31. The Labute approximate surface area is 174 Å². The summed E-state index contributed by atoms with van der Waals surface area (Å²) < 4.78 is 31.4. The summed E-state index contributed by atoms with van der Waals surface area (Å²) in [6.07, 6.45) is 1.92. The maximum Gasteiger partial charge on any atom is 0.279 e. The molecule has 0 saturated carbocycles. The predicted molar refractivity (Wildman–Crippen MR) is 115 cm³/mol. The summed E-state index contributed by atoms with van der Waals surface area (Å²) in [4.78, 5) is 6.88. The van der Waals surface area contributed by atoms with Gasteiger partial charge in [-0.2, -0.15) is 8.42 Å². The van der Waals surface area contributed by atoms with E-state index in [1.807, 2.05) is 36.4 Å². The molecular formula is C20H24N4O3S2. The first kappa shape index (κ1) is 20.2. The zero-order valence-corrected chi connectivity index (χ0v) is 17.6. The predicted octanol–water partition coefficient (Wildman–Crippen LogP) is 3.09. The molecule has 29 heavy (non-hydrogen) atoms. The molecule has 3 N–H and O–H groups in total. The fourth-order valence-corrected chi connectivity index (χ4v) is 4.80. The van der Waals surface area contributed by atoms with Crippen molar-refractivity contribution in [2.75, 3.05) is 19.6 Å². The van der Waals surface area contributed by atoms with E-state index in [1.165, 1.54) is 16.9 Å². The lowest BCUT2D eigenvalue weighted by Gasteiger charge is -2.31. The molecule has 4 rings (SSSR count). The van der Waals surface area contributed by atoms with E-state index in [9.17, 15) is 8.42 Å². The maximum absolute atomic E-state index is 11.0. The van der Waals surface area contributed by atoms with Gasteiger partial charge in [0.05, 0.1) is 10.2 Å². The van der Waals surface area contributed by atoms with Crippen molar-refractivity contribution in [2.45, 2.75) is 19.4 Å². The molecule has 9 heteroatoms. The number of piperidine rings is 1. The van der Waals surface area contributed by atoms with Crippen LogP contribution in [-0.2, 0) is 16.8 Å². The molecule has 0 amide bonds. The highest BCUT2D eigenvalue weighted by Crippen LogP contribution is 2.31. The molecular weight excluding hydrogens is 408 g/mol. The van der Waals surface area contributed by atoms with Gasteiger partial charge in [-0.1, -0.05) is 35.6 Å². The van der Waals surface area contributed by atoms with Gasteiger partial charge in [0.1, 0.15) is 5.75 Å². The van der Waals surface area contributed by atoms with Gasteiger partial charge < -0.3 is 4.74 Å². The average molecular weight is 433 g/mol. The highest BCUT2D eigenvalue weighted by atomic mass is 32.2. The second kappa shape index (κ2) is 8.76. The topological polar surface area (TPSA) is 97.5 Å². The number of aromatic nitrogens is 1. The number of nitrogens with one attached hydrogen (secondary N) is 1. The number of hydrogen-bond acceptors (Lipinski definition) is 6. The lowest BCUT2D eigenvalue weighted by molar-refractivity contribution is 0.178. The molecule has 1 saturated heterocycles. The van der Waals surface area contributed by atoms with Gasteiger partial charge in [-0.05, 0) is 61.7 Å². The van der Waals surface area contributed by atoms with Crippen LogP contribution in [0, 0.1) is 5.92 Å². The minimum Gasteiger partial charge on any atom is -0.431 e. The van der Waals surface area contributed by atoms with Crippen LogP contribution >= 0.6 is 11.3 Å². The third-order valence-electron chi connectivity index (χ3n) is 5.09. The molecule has 2 heterocycles. The van der Waals surface area contributed by atoms with E-state index >= 15 is 0 Å². The third kappa shape index (κ3) is 5.74. The standard InChI is InChI=1S/C20H24N4O3S2/c21-29(25,26)22-13-15-9-11-24(12-10-15)14-16-5-7-17(8-6-16)27-20-23-18-3-1-2-4-19(18)28-20/h1-8,15,22H,9-14H2,(H2,21,25,26). The van der Waals surface area contributed by atoms with E-state index in [2.05, 4.69) is 26.7 Å². The van der Waals surface area contributed by atoms with Crippen molar-refractivity contribution in [3.05, 3.63) is 54.1 Å². The number of nitrogens with two attached hydrogens (primary N) is 1. The van der Waals surface area contributed by atoms with Crippen molar-refractivity contribution in [1.82, 2.24) is 14.6 Å². The van der Waals surface area contributed by atoms with Crippen LogP contribution in [0.5, 0.6) is 10.9 Å². The molecule has 0 aliphatic carbocycles. The van der Waals surface area contributed by atoms with Crippen molar-refractivity contribution in [1.29, 1.82) is 0 Å². The van der Waals surface area contributed by atoms with Crippen LogP contribution in [0.2, 0.25) is 0 Å². The average Bonchev–Trinajstić information content (AvgIpc) is 3.11. The van der Waals surface area contributed by atoms with Gasteiger partial charge in [-0.15, -0.1) is 0 Å². The Morgan fingerprint density at radius 2 is 1.86 bits per heavy atom. The first-order valence-corrected chi connectivity index (χ1v) is 11.9. The zero-order valence-electron chi connectivity index (χ0n) is 16.0. The Bertz CT molecular complexity index is 1030. The molecule has 154 valence electrons. The molecule has 0 atom stereocenters. The second-order valence-corrected chi connectivity index (χ2v) is 9.68. The summed E-state index contributed by atoms with van der Waals surface area (Å²) in [6, 6.07) is 16.1.